The summed E-state index contributed by atoms with van der Waals surface area (Å²) >= 11 is 0. The Kier molecular flexibility index (Phi) is 3.51. The quantitative estimate of drug-likeness (QED) is 0.574. The lowest BCUT2D eigenvalue weighted by Gasteiger charge is -2.03. The van der Waals surface area contributed by atoms with Gasteiger partial charge >= 0.3 is 0 Å². The summed E-state index contributed by atoms with van der Waals surface area (Å²) < 4.78 is 12.0. The molecule has 0 aliphatic carbocycles. The van der Waals surface area contributed by atoms with Gasteiger partial charge in [-0.25, -0.2) is 0 Å². The number of hydrogen-bond acceptors (Lipinski definition) is 6. The maximum Gasteiger partial charge on any atom is 0.250 e. The molecule has 118 valence electrons. The van der Waals surface area contributed by atoms with Crippen LogP contribution in [0.2, 0.25) is 0 Å². The molecule has 3 heterocycles. The van der Waals surface area contributed by atoms with E-state index in [4.69, 9.17) is 8.94 Å². The molecule has 0 unspecified atom stereocenters. The zero-order valence-corrected chi connectivity index (χ0v) is 12.5. The fourth-order valence-electron chi connectivity index (χ4n) is 2.38. The van der Waals surface area contributed by atoms with Gasteiger partial charge in [-0.3, -0.25) is 4.79 Å². The van der Waals surface area contributed by atoms with Crippen LogP contribution in [-0.2, 0) is 6.54 Å². The van der Waals surface area contributed by atoms with E-state index in [-0.39, 0.29) is 12.1 Å². The molecule has 0 aliphatic rings. The molecule has 0 N–H and O–H groups in total. The Balaban J connectivity index is 1.63. The van der Waals surface area contributed by atoms with Gasteiger partial charge in [0.1, 0.15) is 5.69 Å². The number of rotatable bonds is 4. The van der Waals surface area contributed by atoms with Crippen LogP contribution in [0.25, 0.3) is 22.8 Å². The standard InChI is InChI=1S/C17H12N4O3/c22-16-7-6-13(17-19-18-11-23-17)9-21(16)10-14-8-15(24-20-14)12-4-2-1-3-5-12/h1-9,11H,10H2. The number of hydrogen-bond donors (Lipinski definition) is 0. The second-order valence-corrected chi connectivity index (χ2v) is 5.18. The Labute approximate surface area is 136 Å². The van der Waals surface area contributed by atoms with Crippen LogP contribution in [0, 0.1) is 0 Å². The van der Waals surface area contributed by atoms with E-state index < -0.39 is 0 Å². The second kappa shape index (κ2) is 5.96. The fraction of sp³-hybridized carbons (Fsp3) is 0.0588. The number of nitrogens with zero attached hydrogens (tertiary/aromatic N) is 4. The monoisotopic (exact) mass is 320 g/mol. The average Bonchev–Trinajstić information content (AvgIpc) is 3.29. The molecule has 4 rings (SSSR count). The van der Waals surface area contributed by atoms with Crippen LogP contribution >= 0.6 is 0 Å². The third-order valence-corrected chi connectivity index (χ3v) is 3.54. The first-order chi connectivity index (χ1) is 11.8. The molecule has 0 amide bonds. The van der Waals surface area contributed by atoms with Crippen LogP contribution < -0.4 is 5.56 Å². The molecule has 24 heavy (non-hydrogen) atoms. The molecule has 4 aromatic rings. The lowest BCUT2D eigenvalue weighted by Crippen LogP contribution is -2.19. The zero-order valence-electron chi connectivity index (χ0n) is 12.5. The SMILES string of the molecule is O=c1ccc(-c2nnco2)cn1Cc1cc(-c2ccccc2)on1. The largest absolute Gasteiger partial charge is 0.423 e. The third kappa shape index (κ3) is 2.74. The van der Waals surface area contributed by atoms with Crippen molar-refractivity contribution in [2.45, 2.75) is 6.54 Å². The maximum absolute atomic E-state index is 12.1. The van der Waals surface area contributed by atoms with Crippen molar-refractivity contribution >= 4 is 0 Å². The van der Waals surface area contributed by atoms with Gasteiger partial charge in [0.25, 0.3) is 5.56 Å². The highest BCUT2D eigenvalue weighted by Gasteiger charge is 2.10. The molecule has 7 nitrogen and oxygen atoms in total. The molecule has 0 saturated heterocycles. The Morgan fingerprint density at radius 1 is 1.04 bits per heavy atom. The minimum absolute atomic E-state index is 0.150. The molecular formula is C17H12N4O3. The van der Waals surface area contributed by atoms with Crippen molar-refractivity contribution in [2.75, 3.05) is 0 Å². The molecule has 3 aromatic heterocycles. The minimum Gasteiger partial charge on any atom is -0.423 e. The molecule has 0 atom stereocenters. The lowest BCUT2D eigenvalue weighted by atomic mass is 10.1. The van der Waals surface area contributed by atoms with Crippen molar-refractivity contribution in [3.05, 3.63) is 77.2 Å². The van der Waals surface area contributed by atoms with Gasteiger partial charge in [-0.15, -0.1) is 10.2 Å². The summed E-state index contributed by atoms with van der Waals surface area (Å²) in [6.45, 7) is 0.289. The Hall–Kier alpha value is -3.48. The summed E-state index contributed by atoms with van der Waals surface area (Å²) in [4.78, 5) is 12.1. The molecule has 0 spiro atoms. The molecule has 7 heteroatoms. The van der Waals surface area contributed by atoms with E-state index in [2.05, 4.69) is 15.4 Å². The van der Waals surface area contributed by atoms with Crippen molar-refractivity contribution in [3.63, 3.8) is 0 Å². The van der Waals surface area contributed by atoms with Gasteiger partial charge in [0, 0.05) is 23.9 Å². The van der Waals surface area contributed by atoms with E-state index in [1.807, 2.05) is 36.4 Å². The van der Waals surface area contributed by atoms with Crippen LogP contribution in [0.1, 0.15) is 5.69 Å². The highest BCUT2D eigenvalue weighted by Crippen LogP contribution is 2.20. The van der Waals surface area contributed by atoms with Crippen molar-refractivity contribution < 1.29 is 8.94 Å². The van der Waals surface area contributed by atoms with Gasteiger partial charge in [0.05, 0.1) is 12.1 Å². The molecule has 0 bridgehead atoms. The van der Waals surface area contributed by atoms with Gasteiger partial charge in [0.15, 0.2) is 5.76 Å². The highest BCUT2D eigenvalue weighted by molar-refractivity contribution is 5.57. The normalized spacial score (nSPS) is 10.8. The Morgan fingerprint density at radius 2 is 1.92 bits per heavy atom. The number of pyridine rings is 1. The van der Waals surface area contributed by atoms with Crippen molar-refractivity contribution in [1.82, 2.24) is 19.9 Å². The molecular weight excluding hydrogens is 308 g/mol. The molecule has 1 aromatic carbocycles. The maximum atomic E-state index is 12.1. The van der Waals surface area contributed by atoms with Gasteiger partial charge in [-0.05, 0) is 6.07 Å². The first kappa shape index (κ1) is 14.1. The van der Waals surface area contributed by atoms with E-state index in [1.165, 1.54) is 17.0 Å². The number of aromatic nitrogens is 4. The van der Waals surface area contributed by atoms with Gasteiger partial charge in [0.2, 0.25) is 12.3 Å². The predicted molar refractivity (Wildman–Crippen MR) is 85.0 cm³/mol. The summed E-state index contributed by atoms with van der Waals surface area (Å²) in [6.07, 6.45) is 2.90. The second-order valence-electron chi connectivity index (χ2n) is 5.18. The molecule has 0 fully saturated rings. The zero-order chi connectivity index (χ0) is 16.4. The highest BCUT2D eigenvalue weighted by atomic mass is 16.5. The molecule has 0 aliphatic heterocycles. The lowest BCUT2D eigenvalue weighted by molar-refractivity contribution is 0.421. The Bertz CT molecular complexity index is 1000. The van der Waals surface area contributed by atoms with Crippen molar-refractivity contribution in [2.24, 2.45) is 0 Å². The van der Waals surface area contributed by atoms with E-state index in [0.29, 0.717) is 22.9 Å². The van der Waals surface area contributed by atoms with Crippen molar-refractivity contribution in [1.29, 1.82) is 0 Å². The van der Waals surface area contributed by atoms with Gasteiger partial charge in [-0.2, -0.15) is 0 Å². The summed E-state index contributed by atoms with van der Waals surface area (Å²) in [5, 5.41) is 11.5. The van der Waals surface area contributed by atoms with Gasteiger partial charge < -0.3 is 13.5 Å². The van der Waals surface area contributed by atoms with Crippen LogP contribution in [0.15, 0.2) is 74.9 Å². The topological polar surface area (TPSA) is 87.0 Å². The predicted octanol–water partition coefficient (Wildman–Crippen LogP) is 2.60. The molecule has 0 saturated carbocycles. The summed E-state index contributed by atoms with van der Waals surface area (Å²) in [6, 6.07) is 14.6. The van der Waals surface area contributed by atoms with E-state index in [9.17, 15) is 4.79 Å². The van der Waals surface area contributed by atoms with E-state index in [0.717, 1.165) is 5.56 Å². The van der Waals surface area contributed by atoms with E-state index >= 15 is 0 Å². The van der Waals surface area contributed by atoms with Crippen LogP contribution in [0.4, 0.5) is 0 Å². The fourth-order valence-corrected chi connectivity index (χ4v) is 2.38. The first-order valence-corrected chi connectivity index (χ1v) is 7.28. The summed E-state index contributed by atoms with van der Waals surface area (Å²) in [5.41, 5.74) is 2.10. The minimum atomic E-state index is -0.150. The number of benzene rings is 1. The van der Waals surface area contributed by atoms with Gasteiger partial charge in [-0.1, -0.05) is 35.5 Å². The smallest absolute Gasteiger partial charge is 0.250 e. The summed E-state index contributed by atoms with van der Waals surface area (Å²) in [7, 11) is 0. The van der Waals surface area contributed by atoms with Crippen molar-refractivity contribution in [3.8, 4) is 22.8 Å². The summed E-state index contributed by atoms with van der Waals surface area (Å²) in [5.74, 6) is 1.01. The van der Waals surface area contributed by atoms with Crippen LogP contribution in [-0.4, -0.2) is 19.9 Å². The third-order valence-electron chi connectivity index (χ3n) is 3.54. The Morgan fingerprint density at radius 3 is 2.71 bits per heavy atom. The molecule has 0 radical (unpaired) electrons. The van der Waals surface area contributed by atoms with Crippen LogP contribution in [0.5, 0.6) is 0 Å². The van der Waals surface area contributed by atoms with Crippen LogP contribution in [0.3, 0.4) is 0 Å². The first-order valence-electron chi connectivity index (χ1n) is 7.28. The average molecular weight is 320 g/mol. The van der Waals surface area contributed by atoms with E-state index in [1.54, 1.807) is 12.3 Å².